The van der Waals surface area contributed by atoms with Gasteiger partial charge in [-0.2, -0.15) is 0 Å². The molecule has 28 heavy (non-hydrogen) atoms. The molecule has 0 saturated heterocycles. The van der Waals surface area contributed by atoms with E-state index in [2.05, 4.69) is 19.1 Å². The lowest BCUT2D eigenvalue weighted by atomic mass is 9.49. The normalized spacial score (nSPS) is 41.4. The molecule has 2 fully saturated rings. The fraction of sp³-hybridized carbons (Fsp3) is 0.696. The number of fused-ring (bicyclic) bond motifs is 5. The minimum atomic E-state index is -0.270. The first-order chi connectivity index (χ1) is 13.3. The van der Waals surface area contributed by atoms with Crippen molar-refractivity contribution in [1.82, 2.24) is 0 Å². The van der Waals surface area contributed by atoms with Gasteiger partial charge in [0.1, 0.15) is 12.7 Å². The van der Waals surface area contributed by atoms with Crippen LogP contribution in [-0.2, 0) is 23.9 Å². The summed E-state index contributed by atoms with van der Waals surface area (Å²) in [5, 5.41) is 0. The molecule has 0 amide bonds. The molecule has 5 nitrogen and oxygen atoms in total. The summed E-state index contributed by atoms with van der Waals surface area (Å²) in [5.41, 5.74) is 0.759. The van der Waals surface area contributed by atoms with E-state index in [0.29, 0.717) is 30.8 Å². The number of carbonyl (C=O) groups excluding carboxylic acids is 3. The number of hydrogen-bond acceptors (Lipinski definition) is 5. The molecule has 0 spiro atoms. The van der Waals surface area contributed by atoms with Crippen LogP contribution in [0.2, 0.25) is 0 Å². The molecule has 152 valence electrons. The van der Waals surface area contributed by atoms with E-state index in [4.69, 9.17) is 9.47 Å². The molecule has 2 saturated carbocycles. The molecule has 3 unspecified atom stereocenters. The van der Waals surface area contributed by atoms with Crippen LogP contribution in [0.4, 0.5) is 0 Å². The van der Waals surface area contributed by atoms with Gasteiger partial charge in [0.05, 0.1) is 0 Å². The van der Waals surface area contributed by atoms with Gasteiger partial charge in [0, 0.05) is 31.1 Å². The van der Waals surface area contributed by atoms with Crippen LogP contribution in [0, 0.1) is 28.6 Å². The number of hydrogen-bond donors (Lipinski definition) is 0. The molecule has 5 heteroatoms. The van der Waals surface area contributed by atoms with Gasteiger partial charge in [-0.1, -0.05) is 19.1 Å². The van der Waals surface area contributed by atoms with Gasteiger partial charge in [-0.3, -0.25) is 14.4 Å². The van der Waals surface area contributed by atoms with Gasteiger partial charge in [0.15, 0.2) is 5.78 Å². The molecule has 0 N–H and O–H groups in total. The molecule has 4 aliphatic carbocycles. The minimum Gasteiger partial charge on any atom is -0.465 e. The van der Waals surface area contributed by atoms with Crippen LogP contribution in [0.15, 0.2) is 23.8 Å². The first-order valence-electron chi connectivity index (χ1n) is 10.5. The molecule has 0 radical (unpaired) electrons. The van der Waals surface area contributed by atoms with Gasteiger partial charge in [-0.15, -0.1) is 0 Å². The Hall–Kier alpha value is -1.91. The van der Waals surface area contributed by atoms with Crippen molar-refractivity contribution in [2.24, 2.45) is 28.6 Å². The maximum absolute atomic E-state index is 12.1. The summed E-state index contributed by atoms with van der Waals surface area (Å²) in [6.45, 7) is 5.57. The van der Waals surface area contributed by atoms with Gasteiger partial charge in [-0.25, -0.2) is 0 Å². The van der Waals surface area contributed by atoms with E-state index in [1.54, 1.807) is 6.08 Å². The fourth-order valence-electron chi connectivity index (χ4n) is 6.66. The van der Waals surface area contributed by atoms with Crippen molar-refractivity contribution in [3.63, 3.8) is 0 Å². The highest BCUT2D eigenvalue weighted by molar-refractivity contribution is 5.92. The lowest BCUT2D eigenvalue weighted by Crippen LogP contribution is -2.52. The van der Waals surface area contributed by atoms with Crippen molar-refractivity contribution < 1.29 is 23.9 Å². The average Bonchev–Trinajstić information content (AvgIpc) is 2.96. The molecule has 0 aliphatic heterocycles. The summed E-state index contributed by atoms with van der Waals surface area (Å²) in [5.74, 6) is 0.850. The number of ketones is 1. The quantitative estimate of drug-likeness (QED) is 0.691. The smallest absolute Gasteiger partial charge is 0.302 e. The van der Waals surface area contributed by atoms with Gasteiger partial charge in [0.2, 0.25) is 0 Å². The molecule has 4 rings (SSSR count). The zero-order valence-corrected chi connectivity index (χ0v) is 17.0. The van der Waals surface area contributed by atoms with Gasteiger partial charge in [0.25, 0.3) is 0 Å². The summed E-state index contributed by atoms with van der Waals surface area (Å²) in [7, 11) is 0. The second-order valence-corrected chi connectivity index (χ2v) is 9.37. The number of ether oxygens (including phenoxy) is 2. The Balaban J connectivity index is 1.69. The van der Waals surface area contributed by atoms with Crippen LogP contribution in [0.5, 0.6) is 0 Å². The Bertz CT molecular complexity index is 765. The van der Waals surface area contributed by atoms with Crippen LogP contribution in [0.25, 0.3) is 0 Å². The van der Waals surface area contributed by atoms with Crippen molar-refractivity contribution in [2.45, 2.75) is 65.4 Å². The summed E-state index contributed by atoms with van der Waals surface area (Å²) in [4.78, 5) is 35.3. The number of allylic oxidation sites excluding steroid dienone is 3. The third-order valence-corrected chi connectivity index (χ3v) is 8.00. The monoisotopic (exact) mass is 386 g/mol. The maximum Gasteiger partial charge on any atom is 0.302 e. The Morgan fingerprint density at radius 2 is 1.89 bits per heavy atom. The second kappa shape index (κ2) is 6.85. The van der Waals surface area contributed by atoms with Crippen molar-refractivity contribution in [2.75, 3.05) is 6.61 Å². The van der Waals surface area contributed by atoms with E-state index in [0.717, 1.165) is 37.7 Å². The predicted octanol–water partition coefficient (Wildman–Crippen LogP) is 3.77. The zero-order valence-electron chi connectivity index (χ0n) is 17.0. The van der Waals surface area contributed by atoms with Crippen LogP contribution >= 0.6 is 0 Å². The molecule has 0 aromatic heterocycles. The van der Waals surface area contributed by atoms with E-state index < -0.39 is 0 Å². The number of esters is 2. The van der Waals surface area contributed by atoms with E-state index in [-0.39, 0.29) is 34.7 Å². The highest BCUT2D eigenvalue weighted by Gasteiger charge is 2.60. The Kier molecular flexibility index (Phi) is 4.75. The summed E-state index contributed by atoms with van der Waals surface area (Å²) in [6, 6.07) is 0. The Morgan fingerprint density at radius 3 is 2.61 bits per heavy atom. The molecule has 0 bridgehead atoms. The van der Waals surface area contributed by atoms with Gasteiger partial charge < -0.3 is 9.47 Å². The molecular weight excluding hydrogens is 356 g/mol. The summed E-state index contributed by atoms with van der Waals surface area (Å²) in [6.07, 6.45) is 11.3. The topological polar surface area (TPSA) is 69.7 Å². The first-order valence-corrected chi connectivity index (χ1v) is 10.5. The Labute approximate surface area is 166 Å². The summed E-state index contributed by atoms with van der Waals surface area (Å²) < 4.78 is 11.2. The van der Waals surface area contributed by atoms with Crippen LogP contribution < -0.4 is 0 Å². The third kappa shape index (κ3) is 2.94. The van der Waals surface area contributed by atoms with Crippen molar-refractivity contribution >= 4 is 17.7 Å². The zero-order chi connectivity index (χ0) is 20.1. The average molecular weight is 386 g/mol. The predicted molar refractivity (Wildman–Crippen MR) is 103 cm³/mol. The van der Waals surface area contributed by atoms with Gasteiger partial charge in [-0.05, 0) is 61.5 Å². The van der Waals surface area contributed by atoms with Crippen molar-refractivity contribution in [3.8, 4) is 0 Å². The van der Waals surface area contributed by atoms with Crippen molar-refractivity contribution in [1.29, 1.82) is 0 Å². The molecule has 4 aliphatic rings. The number of carbonyl (C=O) groups is 3. The van der Waals surface area contributed by atoms with E-state index in [9.17, 15) is 14.4 Å². The molecule has 0 aromatic carbocycles. The number of rotatable bonds is 3. The second-order valence-electron chi connectivity index (χ2n) is 9.37. The van der Waals surface area contributed by atoms with E-state index in [1.807, 2.05) is 0 Å². The molecule has 6 atom stereocenters. The minimum absolute atomic E-state index is 0.00843. The third-order valence-electron chi connectivity index (χ3n) is 8.00. The van der Waals surface area contributed by atoms with Crippen LogP contribution in [0.3, 0.4) is 0 Å². The van der Waals surface area contributed by atoms with Crippen LogP contribution in [-0.4, -0.2) is 30.4 Å². The van der Waals surface area contributed by atoms with Crippen LogP contribution in [0.1, 0.15) is 59.3 Å². The highest BCUT2D eigenvalue weighted by Crippen LogP contribution is 2.64. The molecule has 0 heterocycles. The maximum atomic E-state index is 12.1. The molecule has 0 aromatic rings. The molecular formula is C23H30O5. The fourth-order valence-corrected chi connectivity index (χ4v) is 6.66. The van der Waals surface area contributed by atoms with E-state index in [1.165, 1.54) is 13.8 Å². The highest BCUT2D eigenvalue weighted by atomic mass is 16.5. The Morgan fingerprint density at radius 1 is 1.11 bits per heavy atom. The lowest BCUT2D eigenvalue weighted by Gasteiger charge is -2.56. The first kappa shape index (κ1) is 19.4. The van der Waals surface area contributed by atoms with Crippen molar-refractivity contribution in [3.05, 3.63) is 23.8 Å². The lowest BCUT2D eigenvalue weighted by molar-refractivity contribution is -0.157. The SMILES string of the molecule is CC(=O)OC[C@]12CCC(=O)C=C1C=CC1C2CC[C@@]2(C)C1CC[C@@H]2OC(C)=O. The summed E-state index contributed by atoms with van der Waals surface area (Å²) >= 11 is 0. The van der Waals surface area contributed by atoms with Gasteiger partial charge >= 0.3 is 11.9 Å². The standard InChI is InChI=1S/C23H30O5/c1-14(24)27-13-23-11-8-17(26)12-16(23)4-5-18-19-6-7-21(28-15(2)25)22(19,3)10-9-20(18)23/h4-5,12,18-21H,6-11,13H2,1-3H3/t18?,19?,20?,21-,22-,23+/m0/s1. The largest absolute Gasteiger partial charge is 0.465 e. The van der Waals surface area contributed by atoms with E-state index >= 15 is 0 Å².